The predicted octanol–water partition coefficient (Wildman–Crippen LogP) is 5.85. The van der Waals surface area contributed by atoms with Crippen LogP contribution in [0.2, 0.25) is 0 Å². The van der Waals surface area contributed by atoms with Crippen molar-refractivity contribution >= 4 is 28.3 Å². The minimum atomic E-state index is -0.187. The molecular weight excluding hydrogens is 468 g/mol. The Morgan fingerprint density at radius 2 is 1.83 bits per heavy atom. The van der Waals surface area contributed by atoms with Gasteiger partial charge in [0.25, 0.3) is 5.91 Å². The van der Waals surface area contributed by atoms with Gasteiger partial charge in [0.05, 0.1) is 5.69 Å². The Labute approximate surface area is 215 Å². The molecule has 2 aromatic carbocycles. The number of aryl methyl sites for hydroxylation is 2. The summed E-state index contributed by atoms with van der Waals surface area (Å²) in [4.78, 5) is 31.2. The van der Waals surface area contributed by atoms with E-state index in [-0.39, 0.29) is 11.8 Å². The van der Waals surface area contributed by atoms with Gasteiger partial charge in [-0.3, -0.25) is 14.9 Å². The standard InChI is InChI=1S/C29H30N4O2S/c1-20-17-25(21(2)33(20)16-14-22-7-4-3-5-8-22)26-19-36-29(30-26)31-28(35)24-12-10-23(11-13-24)18-32-15-6-9-27(32)34/h3-5,7-8,10-13,17,19H,6,9,14-16,18H2,1-2H3,(H,30,31,35). The van der Waals surface area contributed by atoms with Crippen molar-refractivity contribution in [3.05, 3.63) is 94.1 Å². The first-order valence-electron chi connectivity index (χ1n) is 12.3. The molecular formula is C29H30N4O2S. The molecule has 0 aliphatic carbocycles. The number of carbonyl (C=O) groups is 2. The summed E-state index contributed by atoms with van der Waals surface area (Å²) in [7, 11) is 0. The first-order chi connectivity index (χ1) is 17.5. The van der Waals surface area contributed by atoms with Crippen molar-refractivity contribution in [3.63, 3.8) is 0 Å². The van der Waals surface area contributed by atoms with Crippen LogP contribution in [0, 0.1) is 13.8 Å². The molecule has 4 aromatic rings. The molecule has 0 atom stereocenters. The van der Waals surface area contributed by atoms with Gasteiger partial charge in [-0.25, -0.2) is 4.98 Å². The second-order valence-corrected chi connectivity index (χ2v) is 10.1. The van der Waals surface area contributed by atoms with Crippen LogP contribution >= 0.6 is 11.3 Å². The number of hydrogen-bond donors (Lipinski definition) is 1. The fourth-order valence-corrected chi connectivity index (χ4v) is 5.47. The molecule has 2 amide bonds. The third-order valence-corrected chi connectivity index (χ3v) is 7.56. The number of anilines is 1. The number of likely N-dealkylation sites (tertiary alicyclic amines) is 1. The van der Waals surface area contributed by atoms with Crippen LogP contribution in [-0.2, 0) is 24.3 Å². The SMILES string of the molecule is Cc1cc(-c2csc(NC(=O)c3ccc(CN4CCCC4=O)cc3)n2)c(C)n1CCc1ccccc1. The summed E-state index contributed by atoms with van der Waals surface area (Å²) in [6, 6.07) is 20.1. The average Bonchev–Trinajstić information content (AvgIpc) is 3.58. The van der Waals surface area contributed by atoms with E-state index >= 15 is 0 Å². The number of nitrogens with zero attached hydrogens (tertiary/aromatic N) is 3. The molecule has 6 nitrogen and oxygen atoms in total. The van der Waals surface area contributed by atoms with E-state index in [2.05, 4.69) is 54.1 Å². The Bertz CT molecular complexity index is 1370. The van der Waals surface area contributed by atoms with Crippen LogP contribution in [0.4, 0.5) is 5.13 Å². The van der Waals surface area contributed by atoms with E-state index in [1.54, 1.807) is 12.1 Å². The van der Waals surface area contributed by atoms with Gasteiger partial charge in [0.1, 0.15) is 0 Å². The third-order valence-electron chi connectivity index (χ3n) is 6.80. The van der Waals surface area contributed by atoms with Crippen LogP contribution in [0.5, 0.6) is 0 Å². The fraction of sp³-hybridized carbons (Fsp3) is 0.276. The second kappa shape index (κ2) is 10.5. The van der Waals surface area contributed by atoms with Crippen molar-refractivity contribution < 1.29 is 9.59 Å². The average molecular weight is 499 g/mol. The van der Waals surface area contributed by atoms with E-state index in [4.69, 9.17) is 4.98 Å². The number of aromatic nitrogens is 2. The molecule has 1 fully saturated rings. The molecule has 1 aliphatic heterocycles. The number of hydrogen-bond acceptors (Lipinski definition) is 4. The van der Waals surface area contributed by atoms with E-state index in [1.165, 1.54) is 28.3 Å². The van der Waals surface area contributed by atoms with Gasteiger partial charge in [-0.2, -0.15) is 0 Å². The van der Waals surface area contributed by atoms with Crippen molar-refractivity contribution in [1.29, 1.82) is 0 Å². The maximum Gasteiger partial charge on any atom is 0.257 e. The number of benzene rings is 2. The zero-order valence-corrected chi connectivity index (χ0v) is 21.5. The lowest BCUT2D eigenvalue weighted by atomic mass is 10.1. The van der Waals surface area contributed by atoms with Gasteiger partial charge in [0.2, 0.25) is 5.91 Å². The fourth-order valence-electron chi connectivity index (χ4n) is 4.77. The van der Waals surface area contributed by atoms with E-state index in [0.29, 0.717) is 23.7 Å². The first kappa shape index (κ1) is 24.0. The topological polar surface area (TPSA) is 67.2 Å². The smallest absolute Gasteiger partial charge is 0.257 e. The highest BCUT2D eigenvalue weighted by Gasteiger charge is 2.20. The van der Waals surface area contributed by atoms with E-state index in [9.17, 15) is 9.59 Å². The molecule has 1 saturated heterocycles. The Morgan fingerprint density at radius 3 is 2.56 bits per heavy atom. The van der Waals surface area contributed by atoms with Crippen LogP contribution in [0.1, 0.15) is 45.7 Å². The minimum absolute atomic E-state index is 0.187. The molecule has 1 N–H and O–H groups in total. The molecule has 2 aromatic heterocycles. The van der Waals surface area contributed by atoms with Crippen LogP contribution in [0.15, 0.2) is 66.0 Å². The molecule has 0 unspecified atom stereocenters. The number of nitrogens with one attached hydrogen (secondary N) is 1. The zero-order chi connectivity index (χ0) is 25.1. The minimum Gasteiger partial charge on any atom is -0.348 e. The monoisotopic (exact) mass is 498 g/mol. The maximum atomic E-state index is 12.8. The van der Waals surface area contributed by atoms with Crippen molar-refractivity contribution in [1.82, 2.24) is 14.5 Å². The van der Waals surface area contributed by atoms with Crippen molar-refractivity contribution in [2.75, 3.05) is 11.9 Å². The van der Waals surface area contributed by atoms with Gasteiger partial charge in [-0.05, 0) is 56.0 Å². The number of rotatable bonds is 8. The van der Waals surface area contributed by atoms with E-state index < -0.39 is 0 Å². The molecule has 7 heteroatoms. The molecule has 0 spiro atoms. The molecule has 5 rings (SSSR count). The number of thiazole rings is 1. The van der Waals surface area contributed by atoms with Crippen molar-refractivity contribution in [2.45, 2.75) is 46.2 Å². The molecule has 184 valence electrons. The Kier molecular flexibility index (Phi) is 7.00. The zero-order valence-electron chi connectivity index (χ0n) is 20.7. The van der Waals surface area contributed by atoms with Crippen molar-refractivity contribution in [2.24, 2.45) is 0 Å². The largest absolute Gasteiger partial charge is 0.348 e. The summed E-state index contributed by atoms with van der Waals surface area (Å²) >= 11 is 1.43. The van der Waals surface area contributed by atoms with Gasteiger partial charge in [0, 0.05) is 53.9 Å². The predicted molar refractivity (Wildman–Crippen MR) is 144 cm³/mol. The highest BCUT2D eigenvalue weighted by atomic mass is 32.1. The summed E-state index contributed by atoms with van der Waals surface area (Å²) in [5.74, 6) is 0.0152. The Balaban J connectivity index is 1.23. The lowest BCUT2D eigenvalue weighted by molar-refractivity contribution is -0.128. The summed E-state index contributed by atoms with van der Waals surface area (Å²) in [5.41, 5.74) is 7.27. The van der Waals surface area contributed by atoms with Gasteiger partial charge >= 0.3 is 0 Å². The van der Waals surface area contributed by atoms with Crippen molar-refractivity contribution in [3.8, 4) is 11.3 Å². The quantitative estimate of drug-likeness (QED) is 0.332. The summed E-state index contributed by atoms with van der Waals surface area (Å²) in [6.45, 7) is 6.57. The Hall–Kier alpha value is -3.71. The first-order valence-corrected chi connectivity index (χ1v) is 13.2. The lowest BCUT2D eigenvalue weighted by Crippen LogP contribution is -2.23. The molecule has 0 bridgehead atoms. The van der Waals surface area contributed by atoms with E-state index in [1.807, 2.05) is 28.5 Å². The Morgan fingerprint density at radius 1 is 1.06 bits per heavy atom. The summed E-state index contributed by atoms with van der Waals surface area (Å²) < 4.78 is 2.33. The summed E-state index contributed by atoms with van der Waals surface area (Å²) in [6.07, 6.45) is 2.53. The second-order valence-electron chi connectivity index (χ2n) is 9.28. The van der Waals surface area contributed by atoms with Crippen LogP contribution < -0.4 is 5.32 Å². The van der Waals surface area contributed by atoms with E-state index in [0.717, 1.165) is 42.8 Å². The van der Waals surface area contributed by atoms with Gasteiger partial charge in [-0.1, -0.05) is 42.5 Å². The molecule has 0 saturated carbocycles. The van der Waals surface area contributed by atoms with Gasteiger partial charge in [0.15, 0.2) is 5.13 Å². The molecule has 3 heterocycles. The van der Waals surface area contributed by atoms with Crippen LogP contribution in [0.25, 0.3) is 11.3 Å². The van der Waals surface area contributed by atoms with Gasteiger partial charge < -0.3 is 9.47 Å². The maximum absolute atomic E-state index is 12.8. The highest BCUT2D eigenvalue weighted by molar-refractivity contribution is 7.14. The third kappa shape index (κ3) is 5.26. The van der Waals surface area contributed by atoms with Crippen LogP contribution in [0.3, 0.4) is 0 Å². The number of amides is 2. The normalized spacial score (nSPS) is 13.4. The molecule has 0 radical (unpaired) electrons. The van der Waals surface area contributed by atoms with Gasteiger partial charge in [-0.15, -0.1) is 11.3 Å². The highest BCUT2D eigenvalue weighted by Crippen LogP contribution is 2.30. The molecule has 36 heavy (non-hydrogen) atoms. The van der Waals surface area contributed by atoms with Crippen LogP contribution in [-0.4, -0.2) is 32.8 Å². The molecule has 1 aliphatic rings. The number of carbonyl (C=O) groups excluding carboxylic acids is 2. The summed E-state index contributed by atoms with van der Waals surface area (Å²) in [5, 5.41) is 5.51. The lowest BCUT2D eigenvalue weighted by Gasteiger charge is -2.15.